The van der Waals surface area contributed by atoms with Crippen LogP contribution < -0.4 is 20.1 Å². The van der Waals surface area contributed by atoms with Gasteiger partial charge in [-0.2, -0.15) is 0 Å². The second-order valence-corrected chi connectivity index (χ2v) is 7.51. The Bertz CT molecular complexity index is 820. The van der Waals surface area contributed by atoms with Gasteiger partial charge in [-0.1, -0.05) is 6.07 Å². The van der Waals surface area contributed by atoms with Crippen LogP contribution in [-0.4, -0.2) is 75.2 Å². The number of piperazine rings is 1. The molecule has 0 atom stereocenters. The molecule has 1 aliphatic rings. The highest BCUT2D eigenvalue weighted by atomic mass is 32.1. The average molecular weight is 419 g/mol. The summed E-state index contributed by atoms with van der Waals surface area (Å²) in [5.41, 5.74) is 0.626. The quantitative estimate of drug-likeness (QED) is 0.721. The molecule has 1 aromatic heterocycles. The highest BCUT2D eigenvalue weighted by Gasteiger charge is 2.22. The van der Waals surface area contributed by atoms with Crippen molar-refractivity contribution in [3.63, 3.8) is 0 Å². The number of carbonyl (C=O) groups is 2. The van der Waals surface area contributed by atoms with Gasteiger partial charge in [0, 0.05) is 51.0 Å². The molecule has 156 valence electrons. The van der Waals surface area contributed by atoms with Gasteiger partial charge in [-0.25, -0.2) is 4.79 Å². The first-order valence-corrected chi connectivity index (χ1v) is 10.3. The minimum atomic E-state index is -0.274. The number of urea groups is 1. The molecule has 29 heavy (non-hydrogen) atoms. The number of nitrogens with zero attached hydrogens (tertiary/aromatic N) is 2. The fraction of sp³-hybridized carbons (Fsp3) is 0.400. The van der Waals surface area contributed by atoms with E-state index in [-0.39, 0.29) is 11.9 Å². The molecule has 3 rings (SSSR count). The minimum absolute atomic E-state index is 0.104. The summed E-state index contributed by atoms with van der Waals surface area (Å²) >= 11 is 1.47. The summed E-state index contributed by atoms with van der Waals surface area (Å²) in [7, 11) is 3.12. The highest BCUT2D eigenvalue weighted by molar-refractivity contribution is 7.12. The van der Waals surface area contributed by atoms with Gasteiger partial charge in [-0.05, 0) is 23.6 Å². The van der Waals surface area contributed by atoms with Gasteiger partial charge in [-0.15, -0.1) is 11.3 Å². The number of rotatable bonds is 7. The van der Waals surface area contributed by atoms with Crippen LogP contribution in [0, 0.1) is 0 Å². The molecule has 8 nitrogen and oxygen atoms in total. The van der Waals surface area contributed by atoms with Crippen molar-refractivity contribution in [2.45, 2.75) is 0 Å². The SMILES string of the molecule is COc1ccc(NC(=O)NCCN2CCN(C(=O)c3cccs3)CC2)cc1OC. The van der Waals surface area contributed by atoms with Crippen molar-refractivity contribution in [3.05, 3.63) is 40.6 Å². The number of carbonyl (C=O) groups excluding carboxylic acids is 2. The summed E-state index contributed by atoms with van der Waals surface area (Å²) < 4.78 is 10.4. The Kier molecular flexibility index (Phi) is 7.31. The first-order valence-electron chi connectivity index (χ1n) is 9.42. The summed E-state index contributed by atoms with van der Waals surface area (Å²) in [6.45, 7) is 4.27. The fourth-order valence-electron chi connectivity index (χ4n) is 3.15. The number of ether oxygens (including phenoxy) is 2. The Hall–Kier alpha value is -2.78. The van der Waals surface area contributed by atoms with E-state index in [1.165, 1.54) is 11.3 Å². The number of hydrogen-bond acceptors (Lipinski definition) is 6. The Morgan fingerprint density at radius 3 is 2.48 bits per heavy atom. The number of benzene rings is 1. The van der Waals surface area contributed by atoms with Gasteiger partial charge in [0.2, 0.25) is 0 Å². The van der Waals surface area contributed by atoms with Crippen LogP contribution in [0.1, 0.15) is 9.67 Å². The summed E-state index contributed by atoms with van der Waals surface area (Å²) in [5, 5.41) is 7.56. The number of amides is 3. The van der Waals surface area contributed by atoms with Gasteiger partial charge in [0.25, 0.3) is 5.91 Å². The normalized spacial score (nSPS) is 14.3. The van der Waals surface area contributed by atoms with E-state index in [1.807, 2.05) is 22.4 Å². The largest absolute Gasteiger partial charge is 0.493 e. The lowest BCUT2D eigenvalue weighted by Crippen LogP contribution is -2.50. The Labute approximate surface area is 174 Å². The molecule has 0 bridgehead atoms. The molecule has 1 aliphatic heterocycles. The first kappa shape index (κ1) is 20.9. The maximum Gasteiger partial charge on any atom is 0.319 e. The molecule has 1 saturated heterocycles. The minimum Gasteiger partial charge on any atom is -0.493 e. The zero-order valence-corrected chi connectivity index (χ0v) is 17.5. The Morgan fingerprint density at radius 2 is 1.83 bits per heavy atom. The lowest BCUT2D eigenvalue weighted by Gasteiger charge is -2.34. The Balaban J connectivity index is 1.37. The van der Waals surface area contributed by atoms with Crippen LogP contribution >= 0.6 is 11.3 Å². The van der Waals surface area contributed by atoms with Gasteiger partial charge >= 0.3 is 6.03 Å². The summed E-state index contributed by atoms with van der Waals surface area (Å²) in [6.07, 6.45) is 0. The molecule has 3 amide bonds. The highest BCUT2D eigenvalue weighted by Crippen LogP contribution is 2.29. The molecule has 0 unspecified atom stereocenters. The fourth-order valence-corrected chi connectivity index (χ4v) is 3.84. The third-order valence-corrected chi connectivity index (χ3v) is 5.60. The average Bonchev–Trinajstić information content (AvgIpc) is 3.28. The van der Waals surface area contributed by atoms with E-state index in [0.717, 1.165) is 24.5 Å². The van der Waals surface area contributed by atoms with Gasteiger partial charge in [0.15, 0.2) is 11.5 Å². The van der Waals surface area contributed by atoms with Crippen molar-refractivity contribution in [1.29, 1.82) is 0 Å². The molecule has 0 aliphatic carbocycles. The molecule has 2 aromatic rings. The molecule has 2 heterocycles. The van der Waals surface area contributed by atoms with E-state index >= 15 is 0 Å². The van der Waals surface area contributed by atoms with E-state index in [0.29, 0.717) is 36.8 Å². The second kappa shape index (κ2) is 10.1. The van der Waals surface area contributed by atoms with Crippen LogP contribution in [0.3, 0.4) is 0 Å². The number of methoxy groups -OCH3 is 2. The predicted octanol–water partition coefficient (Wildman–Crippen LogP) is 2.34. The van der Waals surface area contributed by atoms with E-state index in [4.69, 9.17) is 9.47 Å². The van der Waals surface area contributed by atoms with Crippen LogP contribution in [0.5, 0.6) is 11.5 Å². The van der Waals surface area contributed by atoms with E-state index in [1.54, 1.807) is 32.4 Å². The zero-order chi connectivity index (χ0) is 20.6. The topological polar surface area (TPSA) is 83.1 Å². The van der Waals surface area contributed by atoms with E-state index in [2.05, 4.69) is 15.5 Å². The molecule has 1 aromatic carbocycles. The summed E-state index contributed by atoms with van der Waals surface area (Å²) in [6, 6.07) is 8.69. The molecule has 0 radical (unpaired) electrons. The van der Waals surface area contributed by atoms with Crippen molar-refractivity contribution >= 4 is 29.0 Å². The third-order valence-electron chi connectivity index (χ3n) is 4.75. The van der Waals surface area contributed by atoms with E-state index in [9.17, 15) is 9.59 Å². The maximum atomic E-state index is 12.4. The van der Waals surface area contributed by atoms with Gasteiger partial charge in [0.1, 0.15) is 0 Å². The summed E-state index contributed by atoms with van der Waals surface area (Å²) in [5.74, 6) is 1.27. The molecular formula is C20H26N4O4S. The number of nitrogens with one attached hydrogen (secondary N) is 2. The second-order valence-electron chi connectivity index (χ2n) is 6.56. The standard InChI is InChI=1S/C20H26N4O4S/c1-27-16-6-5-15(14-17(16)28-2)22-20(26)21-7-8-23-9-11-24(12-10-23)19(25)18-4-3-13-29-18/h3-6,13-14H,7-12H2,1-2H3,(H2,21,22,26). The number of anilines is 1. The van der Waals surface area contributed by atoms with Crippen molar-refractivity contribution < 1.29 is 19.1 Å². The lowest BCUT2D eigenvalue weighted by atomic mass is 10.2. The molecule has 0 saturated carbocycles. The smallest absolute Gasteiger partial charge is 0.319 e. The van der Waals surface area contributed by atoms with Crippen LogP contribution in [0.4, 0.5) is 10.5 Å². The Morgan fingerprint density at radius 1 is 1.07 bits per heavy atom. The zero-order valence-electron chi connectivity index (χ0n) is 16.6. The van der Waals surface area contributed by atoms with Crippen molar-refractivity contribution in [2.75, 3.05) is 58.8 Å². The van der Waals surface area contributed by atoms with Crippen LogP contribution in [0.25, 0.3) is 0 Å². The van der Waals surface area contributed by atoms with Gasteiger partial charge < -0.3 is 25.0 Å². The third kappa shape index (κ3) is 5.61. The summed E-state index contributed by atoms with van der Waals surface area (Å²) in [4.78, 5) is 29.4. The van der Waals surface area contributed by atoms with Crippen LogP contribution in [0.2, 0.25) is 0 Å². The molecule has 2 N–H and O–H groups in total. The molecule has 0 spiro atoms. The maximum absolute atomic E-state index is 12.4. The van der Waals surface area contributed by atoms with Gasteiger partial charge in [0.05, 0.1) is 19.1 Å². The first-order chi connectivity index (χ1) is 14.1. The van der Waals surface area contributed by atoms with Gasteiger partial charge in [-0.3, -0.25) is 9.69 Å². The molecule has 1 fully saturated rings. The number of hydrogen-bond donors (Lipinski definition) is 2. The van der Waals surface area contributed by atoms with Crippen molar-refractivity contribution in [1.82, 2.24) is 15.1 Å². The lowest BCUT2D eigenvalue weighted by molar-refractivity contribution is 0.0644. The van der Waals surface area contributed by atoms with Crippen LogP contribution in [0.15, 0.2) is 35.7 Å². The monoisotopic (exact) mass is 418 g/mol. The van der Waals surface area contributed by atoms with Crippen molar-refractivity contribution in [2.24, 2.45) is 0 Å². The van der Waals surface area contributed by atoms with E-state index < -0.39 is 0 Å². The van der Waals surface area contributed by atoms with Crippen LogP contribution in [-0.2, 0) is 0 Å². The molecule has 9 heteroatoms. The predicted molar refractivity (Wildman–Crippen MR) is 113 cm³/mol. The number of thiophene rings is 1. The molecular weight excluding hydrogens is 392 g/mol. The van der Waals surface area contributed by atoms with Crippen molar-refractivity contribution in [3.8, 4) is 11.5 Å².